The molecule has 0 saturated heterocycles. The second kappa shape index (κ2) is 6.18. The summed E-state index contributed by atoms with van der Waals surface area (Å²) < 4.78 is 12.4. The van der Waals surface area contributed by atoms with Gasteiger partial charge in [0.25, 0.3) is 0 Å². The van der Waals surface area contributed by atoms with Crippen molar-refractivity contribution >= 4 is 16.9 Å². The van der Waals surface area contributed by atoms with E-state index in [1.807, 2.05) is 37.7 Å². The average molecular weight is 290 g/mol. The summed E-state index contributed by atoms with van der Waals surface area (Å²) in [5.74, 6) is 0.204. The van der Waals surface area contributed by atoms with Crippen LogP contribution in [0.4, 0.5) is 0 Å². The van der Waals surface area contributed by atoms with Crippen molar-refractivity contribution in [3.63, 3.8) is 0 Å². The molecule has 0 amide bonds. The van der Waals surface area contributed by atoms with Crippen LogP contribution in [0.15, 0.2) is 18.2 Å². The number of esters is 1. The van der Waals surface area contributed by atoms with Crippen LogP contribution in [0.5, 0.6) is 5.75 Å². The van der Waals surface area contributed by atoms with Crippen LogP contribution in [-0.2, 0) is 11.3 Å². The SMILES string of the molecule is COC(=O)c1c(OC)c2ccc(C)cc2n1CCN(C)C. The molecular weight excluding hydrogens is 268 g/mol. The number of likely N-dealkylation sites (N-methyl/N-ethyl adjacent to an activating group) is 1. The third-order valence-electron chi connectivity index (χ3n) is 3.53. The molecule has 0 spiro atoms. The minimum Gasteiger partial charge on any atom is -0.494 e. The fourth-order valence-corrected chi connectivity index (χ4v) is 2.47. The summed E-state index contributed by atoms with van der Waals surface area (Å²) in [6.07, 6.45) is 0. The maximum absolute atomic E-state index is 12.2. The highest BCUT2D eigenvalue weighted by Crippen LogP contribution is 2.34. The van der Waals surface area contributed by atoms with Gasteiger partial charge in [-0.15, -0.1) is 0 Å². The van der Waals surface area contributed by atoms with E-state index in [4.69, 9.17) is 9.47 Å². The third kappa shape index (κ3) is 2.88. The first-order chi connectivity index (χ1) is 9.99. The number of rotatable bonds is 5. The predicted molar refractivity (Wildman–Crippen MR) is 83.1 cm³/mol. The predicted octanol–water partition coefficient (Wildman–Crippen LogP) is 2.31. The lowest BCUT2D eigenvalue weighted by Crippen LogP contribution is -2.21. The van der Waals surface area contributed by atoms with E-state index in [9.17, 15) is 4.79 Å². The molecule has 0 aliphatic heterocycles. The lowest BCUT2D eigenvalue weighted by molar-refractivity contribution is 0.0584. The Morgan fingerprint density at radius 2 is 2.00 bits per heavy atom. The van der Waals surface area contributed by atoms with Gasteiger partial charge < -0.3 is 18.9 Å². The molecular formula is C16H22N2O3. The van der Waals surface area contributed by atoms with Gasteiger partial charge in [-0.2, -0.15) is 0 Å². The normalized spacial score (nSPS) is 11.1. The molecule has 0 atom stereocenters. The molecule has 1 aromatic carbocycles. The number of nitrogens with zero attached hydrogens (tertiary/aromatic N) is 2. The van der Waals surface area contributed by atoms with Crippen LogP contribution in [-0.4, -0.2) is 50.3 Å². The van der Waals surface area contributed by atoms with Crippen molar-refractivity contribution in [1.82, 2.24) is 9.47 Å². The van der Waals surface area contributed by atoms with Crippen LogP contribution in [0, 0.1) is 6.92 Å². The number of ether oxygens (including phenoxy) is 2. The number of fused-ring (bicyclic) bond motifs is 1. The lowest BCUT2D eigenvalue weighted by atomic mass is 10.2. The second-order valence-corrected chi connectivity index (χ2v) is 5.35. The molecule has 21 heavy (non-hydrogen) atoms. The lowest BCUT2D eigenvalue weighted by Gasteiger charge is -2.14. The highest BCUT2D eigenvalue weighted by Gasteiger charge is 2.24. The molecule has 1 heterocycles. The van der Waals surface area contributed by atoms with E-state index in [2.05, 4.69) is 11.0 Å². The Morgan fingerprint density at radius 1 is 1.29 bits per heavy atom. The number of carbonyl (C=O) groups is 1. The van der Waals surface area contributed by atoms with E-state index < -0.39 is 0 Å². The minimum atomic E-state index is -0.376. The second-order valence-electron chi connectivity index (χ2n) is 5.35. The minimum absolute atomic E-state index is 0.376. The first kappa shape index (κ1) is 15.4. The van der Waals surface area contributed by atoms with Gasteiger partial charge in [0.15, 0.2) is 11.4 Å². The van der Waals surface area contributed by atoms with Gasteiger partial charge in [-0.3, -0.25) is 0 Å². The summed E-state index contributed by atoms with van der Waals surface area (Å²) in [4.78, 5) is 14.3. The summed E-state index contributed by atoms with van der Waals surface area (Å²) in [7, 11) is 6.98. The Bertz CT molecular complexity index is 659. The van der Waals surface area contributed by atoms with Gasteiger partial charge in [-0.25, -0.2) is 4.79 Å². The van der Waals surface area contributed by atoms with Gasteiger partial charge >= 0.3 is 5.97 Å². The van der Waals surface area contributed by atoms with Crippen LogP contribution >= 0.6 is 0 Å². The molecule has 0 fully saturated rings. The molecule has 2 rings (SSSR count). The van der Waals surface area contributed by atoms with Crippen molar-refractivity contribution < 1.29 is 14.3 Å². The van der Waals surface area contributed by atoms with E-state index in [1.54, 1.807) is 7.11 Å². The number of carbonyl (C=O) groups excluding carboxylic acids is 1. The highest BCUT2D eigenvalue weighted by molar-refractivity contribution is 6.02. The monoisotopic (exact) mass is 290 g/mol. The Kier molecular flexibility index (Phi) is 4.53. The van der Waals surface area contributed by atoms with Crippen molar-refractivity contribution in [2.45, 2.75) is 13.5 Å². The molecule has 5 heteroatoms. The summed E-state index contributed by atoms with van der Waals surface area (Å²) in [5, 5.41) is 0.933. The molecule has 1 aromatic heterocycles. The topological polar surface area (TPSA) is 43.7 Å². The van der Waals surface area contributed by atoms with Crippen LogP contribution < -0.4 is 4.74 Å². The maximum atomic E-state index is 12.2. The molecule has 2 aromatic rings. The highest BCUT2D eigenvalue weighted by atomic mass is 16.5. The molecule has 0 bridgehead atoms. The number of hydrogen-bond acceptors (Lipinski definition) is 4. The van der Waals surface area contributed by atoms with Gasteiger partial charge in [-0.1, -0.05) is 6.07 Å². The Morgan fingerprint density at radius 3 is 2.57 bits per heavy atom. The largest absolute Gasteiger partial charge is 0.494 e. The molecule has 0 saturated carbocycles. The van der Waals surface area contributed by atoms with Gasteiger partial charge in [0.1, 0.15) is 0 Å². The van der Waals surface area contributed by atoms with Crippen molar-refractivity contribution in [3.8, 4) is 5.75 Å². The molecule has 0 radical (unpaired) electrons. The summed E-state index contributed by atoms with van der Waals surface area (Å²) >= 11 is 0. The Balaban J connectivity index is 2.69. The van der Waals surface area contributed by atoms with E-state index >= 15 is 0 Å². The summed E-state index contributed by atoms with van der Waals surface area (Å²) in [6, 6.07) is 6.07. The fraction of sp³-hybridized carbons (Fsp3) is 0.438. The number of benzene rings is 1. The van der Waals surface area contributed by atoms with Crippen LogP contribution in [0.1, 0.15) is 16.1 Å². The Labute approximate surface area is 125 Å². The number of hydrogen-bond donors (Lipinski definition) is 0. The number of aryl methyl sites for hydroxylation is 1. The number of methoxy groups -OCH3 is 2. The van der Waals surface area contributed by atoms with Crippen LogP contribution in [0.25, 0.3) is 10.9 Å². The first-order valence-electron chi connectivity index (χ1n) is 6.89. The zero-order valence-corrected chi connectivity index (χ0v) is 13.3. The van der Waals surface area contributed by atoms with Crippen molar-refractivity contribution in [2.75, 3.05) is 34.9 Å². The van der Waals surface area contributed by atoms with Crippen molar-refractivity contribution in [3.05, 3.63) is 29.5 Å². The van der Waals surface area contributed by atoms with Gasteiger partial charge in [0.05, 0.1) is 19.7 Å². The molecule has 0 aliphatic rings. The molecule has 114 valence electrons. The quantitative estimate of drug-likeness (QED) is 0.793. The van der Waals surface area contributed by atoms with E-state index in [0.29, 0.717) is 18.0 Å². The van der Waals surface area contributed by atoms with Crippen molar-refractivity contribution in [1.29, 1.82) is 0 Å². The van der Waals surface area contributed by atoms with Crippen LogP contribution in [0.3, 0.4) is 0 Å². The molecule has 0 aliphatic carbocycles. The van der Waals surface area contributed by atoms with Gasteiger partial charge in [0, 0.05) is 18.5 Å². The fourth-order valence-electron chi connectivity index (χ4n) is 2.47. The van der Waals surface area contributed by atoms with Gasteiger partial charge in [-0.05, 0) is 38.7 Å². The zero-order valence-electron chi connectivity index (χ0n) is 13.3. The van der Waals surface area contributed by atoms with Crippen molar-refractivity contribution in [2.24, 2.45) is 0 Å². The zero-order chi connectivity index (χ0) is 15.6. The molecule has 0 N–H and O–H groups in total. The molecule has 5 nitrogen and oxygen atoms in total. The van der Waals surface area contributed by atoms with E-state index in [0.717, 1.165) is 23.0 Å². The van der Waals surface area contributed by atoms with E-state index in [1.165, 1.54) is 7.11 Å². The smallest absolute Gasteiger partial charge is 0.358 e. The molecule has 0 unspecified atom stereocenters. The Hall–Kier alpha value is -2.01. The number of aromatic nitrogens is 1. The van der Waals surface area contributed by atoms with E-state index in [-0.39, 0.29) is 5.97 Å². The third-order valence-corrected chi connectivity index (χ3v) is 3.53. The van der Waals surface area contributed by atoms with Gasteiger partial charge in [0.2, 0.25) is 0 Å². The standard InChI is InChI=1S/C16H22N2O3/c1-11-6-7-12-13(10-11)18(9-8-17(2)3)14(15(12)20-4)16(19)21-5/h6-7,10H,8-9H2,1-5H3. The van der Waals surface area contributed by atoms with Crippen LogP contribution in [0.2, 0.25) is 0 Å². The summed E-state index contributed by atoms with van der Waals surface area (Å²) in [6.45, 7) is 3.55. The summed E-state index contributed by atoms with van der Waals surface area (Å²) in [5.41, 5.74) is 2.61. The first-order valence-corrected chi connectivity index (χ1v) is 6.89. The average Bonchev–Trinajstić information content (AvgIpc) is 2.76. The maximum Gasteiger partial charge on any atom is 0.358 e.